The molecule has 6 heteroatoms. The standard InChI is InChI=1S/C14H21BrO4S/c1-10(2)18-9-3-4-13(14(16)19-20-17)11-5-7-12(15)8-6-11/h5-8,10,13-14,16-17H,3-4,9H2,1-2H3. The molecule has 1 aromatic rings. The smallest absolute Gasteiger partial charge is 0.177 e. The van der Waals surface area contributed by atoms with Crippen LogP contribution in [0.15, 0.2) is 28.7 Å². The molecular formula is C14H21BrO4S. The van der Waals surface area contributed by atoms with Crippen molar-refractivity contribution in [1.82, 2.24) is 0 Å². The largest absolute Gasteiger partial charge is 0.379 e. The van der Waals surface area contributed by atoms with E-state index in [1.165, 1.54) is 0 Å². The zero-order valence-electron chi connectivity index (χ0n) is 11.7. The van der Waals surface area contributed by atoms with Crippen LogP contribution >= 0.6 is 28.3 Å². The summed E-state index contributed by atoms with van der Waals surface area (Å²) in [6, 6.07) is 7.72. The maximum Gasteiger partial charge on any atom is 0.177 e. The van der Waals surface area contributed by atoms with E-state index in [-0.39, 0.29) is 24.3 Å². The number of hydrogen-bond acceptors (Lipinski definition) is 5. The fourth-order valence-electron chi connectivity index (χ4n) is 1.92. The van der Waals surface area contributed by atoms with Crippen molar-refractivity contribution in [3.05, 3.63) is 34.3 Å². The van der Waals surface area contributed by atoms with Crippen molar-refractivity contribution in [3.8, 4) is 0 Å². The summed E-state index contributed by atoms with van der Waals surface area (Å²) >= 11 is 3.57. The lowest BCUT2D eigenvalue weighted by Gasteiger charge is -2.22. The highest BCUT2D eigenvalue weighted by Crippen LogP contribution is 2.28. The van der Waals surface area contributed by atoms with E-state index in [9.17, 15) is 5.11 Å². The molecule has 0 heterocycles. The van der Waals surface area contributed by atoms with Crippen molar-refractivity contribution < 1.29 is 18.6 Å². The van der Waals surface area contributed by atoms with E-state index in [0.717, 1.165) is 22.9 Å². The van der Waals surface area contributed by atoms with Crippen LogP contribution in [0.3, 0.4) is 0 Å². The fraction of sp³-hybridized carbons (Fsp3) is 0.571. The first kappa shape index (κ1) is 17.9. The second-order valence-electron chi connectivity index (χ2n) is 4.78. The summed E-state index contributed by atoms with van der Waals surface area (Å²) in [5.74, 6) is -0.196. The third-order valence-corrected chi connectivity index (χ3v) is 3.71. The third-order valence-electron chi connectivity index (χ3n) is 2.89. The lowest BCUT2D eigenvalue weighted by molar-refractivity contribution is -0.0326. The van der Waals surface area contributed by atoms with Crippen LogP contribution in [0.5, 0.6) is 0 Å². The Hall–Kier alpha value is -0.110. The monoisotopic (exact) mass is 364 g/mol. The Morgan fingerprint density at radius 1 is 1.25 bits per heavy atom. The molecule has 2 atom stereocenters. The quantitative estimate of drug-likeness (QED) is 0.390. The maximum absolute atomic E-state index is 9.98. The van der Waals surface area contributed by atoms with Gasteiger partial charge in [-0.25, -0.2) is 0 Å². The van der Waals surface area contributed by atoms with Gasteiger partial charge in [0.2, 0.25) is 0 Å². The summed E-state index contributed by atoms with van der Waals surface area (Å²) < 4.78 is 20.0. The van der Waals surface area contributed by atoms with Crippen LogP contribution in [0.4, 0.5) is 0 Å². The number of benzene rings is 1. The average Bonchev–Trinajstić information content (AvgIpc) is 2.40. The van der Waals surface area contributed by atoms with Gasteiger partial charge in [-0.2, -0.15) is 0 Å². The molecule has 0 saturated heterocycles. The first-order valence-corrected chi connectivity index (χ1v) is 8.05. The van der Waals surface area contributed by atoms with E-state index in [4.69, 9.17) is 13.5 Å². The molecule has 2 unspecified atom stereocenters. The molecule has 0 bridgehead atoms. The van der Waals surface area contributed by atoms with Crippen molar-refractivity contribution in [2.45, 2.75) is 45.0 Å². The van der Waals surface area contributed by atoms with Crippen LogP contribution < -0.4 is 0 Å². The van der Waals surface area contributed by atoms with Gasteiger partial charge in [-0.3, -0.25) is 4.18 Å². The Balaban J connectivity index is 2.62. The Kier molecular flexibility index (Phi) is 8.75. The summed E-state index contributed by atoms with van der Waals surface area (Å²) in [5.41, 5.74) is 0.972. The first-order valence-electron chi connectivity index (χ1n) is 6.56. The second-order valence-corrected chi connectivity index (χ2v) is 6.04. The van der Waals surface area contributed by atoms with Gasteiger partial charge in [0.1, 0.15) is 0 Å². The topological polar surface area (TPSA) is 58.9 Å². The molecule has 20 heavy (non-hydrogen) atoms. The summed E-state index contributed by atoms with van der Waals surface area (Å²) in [6.45, 7) is 4.63. The van der Waals surface area contributed by atoms with Crippen LogP contribution in [-0.2, 0) is 8.92 Å². The highest BCUT2D eigenvalue weighted by atomic mass is 79.9. The van der Waals surface area contributed by atoms with E-state index in [2.05, 4.69) is 15.9 Å². The van der Waals surface area contributed by atoms with Crippen LogP contribution in [-0.4, -0.2) is 28.7 Å². The Bertz CT molecular complexity index is 372. The van der Waals surface area contributed by atoms with Gasteiger partial charge in [0, 0.05) is 17.0 Å². The molecule has 1 rings (SSSR count). The Morgan fingerprint density at radius 3 is 2.45 bits per heavy atom. The zero-order chi connectivity index (χ0) is 15.0. The SMILES string of the molecule is CC(C)OCCCC(c1ccc(Br)cc1)C(O)OSO. The zero-order valence-corrected chi connectivity index (χ0v) is 14.1. The normalized spacial score (nSPS) is 14.5. The highest BCUT2D eigenvalue weighted by molar-refractivity contribution is 9.10. The predicted octanol–water partition coefficient (Wildman–Crippen LogP) is 4.19. The predicted molar refractivity (Wildman–Crippen MR) is 84.5 cm³/mol. The molecule has 1 aromatic carbocycles. The Morgan fingerprint density at radius 2 is 1.90 bits per heavy atom. The number of aliphatic hydroxyl groups excluding tert-OH is 1. The van der Waals surface area contributed by atoms with Gasteiger partial charge in [-0.1, -0.05) is 28.1 Å². The van der Waals surface area contributed by atoms with E-state index < -0.39 is 6.29 Å². The minimum Gasteiger partial charge on any atom is -0.379 e. The van der Waals surface area contributed by atoms with Crippen LogP contribution in [0.2, 0.25) is 0 Å². The molecule has 0 radical (unpaired) electrons. The number of ether oxygens (including phenoxy) is 1. The molecule has 0 aliphatic carbocycles. The average molecular weight is 365 g/mol. The summed E-state index contributed by atoms with van der Waals surface area (Å²) in [6.07, 6.45) is 0.687. The van der Waals surface area contributed by atoms with Gasteiger partial charge in [-0.15, -0.1) is 0 Å². The molecule has 0 aromatic heterocycles. The number of halogens is 1. The highest BCUT2D eigenvalue weighted by Gasteiger charge is 2.22. The van der Waals surface area contributed by atoms with Crippen molar-refractivity contribution in [2.75, 3.05) is 6.61 Å². The van der Waals surface area contributed by atoms with Gasteiger partial charge in [-0.05, 0) is 44.4 Å². The van der Waals surface area contributed by atoms with Crippen molar-refractivity contribution in [2.24, 2.45) is 0 Å². The van der Waals surface area contributed by atoms with Crippen molar-refractivity contribution in [3.63, 3.8) is 0 Å². The summed E-state index contributed by atoms with van der Waals surface area (Å²) in [4.78, 5) is 0. The minimum absolute atomic E-state index is 0.189. The molecule has 0 aliphatic rings. The first-order chi connectivity index (χ1) is 9.54. The van der Waals surface area contributed by atoms with Gasteiger partial charge < -0.3 is 14.4 Å². The van der Waals surface area contributed by atoms with Gasteiger partial charge >= 0.3 is 0 Å². The molecule has 4 nitrogen and oxygen atoms in total. The summed E-state index contributed by atoms with van der Waals surface area (Å²) in [5, 5.41) is 9.98. The molecule has 0 amide bonds. The van der Waals surface area contributed by atoms with Crippen LogP contribution in [0.25, 0.3) is 0 Å². The van der Waals surface area contributed by atoms with E-state index >= 15 is 0 Å². The van der Waals surface area contributed by atoms with Crippen molar-refractivity contribution >= 4 is 28.3 Å². The van der Waals surface area contributed by atoms with Crippen LogP contribution in [0, 0.1) is 0 Å². The van der Waals surface area contributed by atoms with E-state index in [0.29, 0.717) is 6.61 Å². The van der Waals surface area contributed by atoms with E-state index in [1.54, 1.807) is 0 Å². The number of aliphatic hydroxyl groups is 1. The Labute approximate surface area is 133 Å². The van der Waals surface area contributed by atoms with Crippen molar-refractivity contribution in [1.29, 1.82) is 0 Å². The fourth-order valence-corrected chi connectivity index (χ4v) is 2.40. The lowest BCUT2D eigenvalue weighted by Crippen LogP contribution is -2.20. The minimum atomic E-state index is -1.05. The maximum atomic E-state index is 9.98. The molecule has 0 aliphatic heterocycles. The van der Waals surface area contributed by atoms with Gasteiger partial charge in [0.15, 0.2) is 18.6 Å². The summed E-state index contributed by atoms with van der Waals surface area (Å²) in [7, 11) is 0. The third kappa shape index (κ3) is 6.56. The number of rotatable bonds is 9. The molecule has 0 spiro atoms. The lowest BCUT2D eigenvalue weighted by atomic mass is 9.94. The van der Waals surface area contributed by atoms with Gasteiger partial charge in [0.05, 0.1) is 6.10 Å². The second kappa shape index (κ2) is 9.76. The molecule has 2 N–H and O–H groups in total. The van der Waals surface area contributed by atoms with Gasteiger partial charge in [0.25, 0.3) is 0 Å². The molecule has 0 saturated carbocycles. The number of hydrogen-bond donors (Lipinski definition) is 2. The van der Waals surface area contributed by atoms with Crippen LogP contribution in [0.1, 0.15) is 38.2 Å². The molecule has 114 valence electrons. The molecule has 0 fully saturated rings. The van der Waals surface area contributed by atoms with E-state index in [1.807, 2.05) is 38.1 Å². The molecular weight excluding hydrogens is 344 g/mol.